The summed E-state index contributed by atoms with van der Waals surface area (Å²) in [6.45, 7) is 0.272. The second kappa shape index (κ2) is 5.55. The predicted molar refractivity (Wildman–Crippen MR) is 66.2 cm³/mol. The van der Waals surface area contributed by atoms with Gasteiger partial charge in [-0.1, -0.05) is 21.1 Å². The van der Waals surface area contributed by atoms with Gasteiger partial charge in [0, 0.05) is 17.1 Å². The number of methoxy groups -OCH3 is 1. The average molecular weight is 316 g/mol. The van der Waals surface area contributed by atoms with Gasteiger partial charge in [0.15, 0.2) is 0 Å². The van der Waals surface area contributed by atoms with Gasteiger partial charge in [0.05, 0.1) is 6.61 Å². The Morgan fingerprint density at radius 3 is 2.94 bits per heavy atom. The van der Waals surface area contributed by atoms with E-state index in [1.165, 1.54) is 19.2 Å². The zero-order chi connectivity index (χ0) is 13.1. The fourth-order valence-corrected chi connectivity index (χ4v) is 1.90. The van der Waals surface area contributed by atoms with Crippen LogP contribution in [0.15, 0.2) is 27.2 Å². The van der Waals surface area contributed by atoms with E-state index in [4.69, 9.17) is 15.0 Å². The molecule has 0 aliphatic carbocycles. The minimum absolute atomic E-state index is 0.257. The summed E-state index contributed by atoms with van der Waals surface area (Å²) in [6, 6.07) is 3.87. The fourth-order valence-electron chi connectivity index (χ4n) is 1.44. The number of halogens is 2. The summed E-state index contributed by atoms with van der Waals surface area (Å²) in [5, 5.41) is 3.76. The molecular weight excluding hydrogens is 305 g/mol. The van der Waals surface area contributed by atoms with Crippen LogP contribution in [0.1, 0.15) is 11.9 Å². The van der Waals surface area contributed by atoms with Crippen molar-refractivity contribution >= 4 is 15.9 Å². The van der Waals surface area contributed by atoms with Crippen LogP contribution in [-0.2, 0) is 4.74 Å². The summed E-state index contributed by atoms with van der Waals surface area (Å²) in [5.41, 5.74) is 6.27. The number of ether oxygens (including phenoxy) is 1. The molecule has 96 valence electrons. The fraction of sp³-hybridized carbons (Fsp3) is 0.273. The van der Waals surface area contributed by atoms with Crippen molar-refractivity contribution in [2.75, 3.05) is 13.7 Å². The highest BCUT2D eigenvalue weighted by molar-refractivity contribution is 9.10. The molecule has 1 heterocycles. The molecule has 7 heteroatoms. The Balaban J connectivity index is 2.29. The predicted octanol–water partition coefficient (Wildman–Crippen LogP) is 2.28. The molecule has 0 amide bonds. The van der Waals surface area contributed by atoms with Crippen LogP contribution in [0.3, 0.4) is 0 Å². The van der Waals surface area contributed by atoms with Gasteiger partial charge < -0.3 is 15.0 Å². The first-order valence-corrected chi connectivity index (χ1v) is 5.94. The molecular formula is C11H11BrFN3O2. The van der Waals surface area contributed by atoms with Gasteiger partial charge in [-0.2, -0.15) is 4.98 Å². The standard InChI is InChI=1S/C11H11BrFN3O2/c1-17-5-9(14)11-15-10(16-18-11)6-2-7(12)4-8(13)3-6/h2-4,9H,5,14H2,1H3. The Bertz CT molecular complexity index is 527. The molecule has 2 rings (SSSR count). The molecule has 0 bridgehead atoms. The normalized spacial score (nSPS) is 12.7. The molecule has 2 aromatic rings. The van der Waals surface area contributed by atoms with Gasteiger partial charge in [-0.3, -0.25) is 0 Å². The van der Waals surface area contributed by atoms with Crippen molar-refractivity contribution in [3.8, 4) is 11.4 Å². The number of nitrogens with zero attached hydrogens (tertiary/aromatic N) is 2. The third kappa shape index (κ3) is 2.92. The summed E-state index contributed by atoms with van der Waals surface area (Å²) in [5.74, 6) is 0.163. The smallest absolute Gasteiger partial charge is 0.246 e. The molecule has 0 fully saturated rings. The van der Waals surface area contributed by atoms with E-state index in [0.717, 1.165) is 0 Å². The summed E-state index contributed by atoms with van der Waals surface area (Å²) in [6.07, 6.45) is 0. The molecule has 1 unspecified atom stereocenters. The van der Waals surface area contributed by atoms with Gasteiger partial charge in [-0.05, 0) is 18.2 Å². The number of rotatable bonds is 4. The summed E-state index contributed by atoms with van der Waals surface area (Å²) in [4.78, 5) is 4.11. The molecule has 5 nitrogen and oxygen atoms in total. The Morgan fingerprint density at radius 2 is 2.28 bits per heavy atom. The van der Waals surface area contributed by atoms with Crippen molar-refractivity contribution < 1.29 is 13.7 Å². The molecule has 0 aliphatic rings. The van der Waals surface area contributed by atoms with Gasteiger partial charge >= 0.3 is 0 Å². The first-order valence-electron chi connectivity index (χ1n) is 5.14. The Labute approximate surface area is 111 Å². The van der Waals surface area contributed by atoms with Crippen molar-refractivity contribution in [1.29, 1.82) is 0 Å². The molecule has 1 aromatic carbocycles. The molecule has 1 atom stereocenters. The lowest BCUT2D eigenvalue weighted by atomic mass is 10.2. The van der Waals surface area contributed by atoms with Gasteiger partial charge in [0.25, 0.3) is 0 Å². The topological polar surface area (TPSA) is 74.2 Å². The summed E-state index contributed by atoms with van der Waals surface area (Å²) < 4.78 is 23.7. The third-order valence-corrected chi connectivity index (χ3v) is 2.68. The number of hydrogen-bond donors (Lipinski definition) is 1. The van der Waals surface area contributed by atoms with Crippen molar-refractivity contribution in [3.05, 3.63) is 34.4 Å². The lowest BCUT2D eigenvalue weighted by Gasteiger charge is -2.02. The van der Waals surface area contributed by atoms with E-state index in [1.807, 2.05) is 0 Å². The highest BCUT2D eigenvalue weighted by Gasteiger charge is 2.16. The van der Waals surface area contributed by atoms with Gasteiger partial charge in [-0.15, -0.1) is 0 Å². The quantitative estimate of drug-likeness (QED) is 0.937. The van der Waals surface area contributed by atoms with E-state index in [2.05, 4.69) is 26.1 Å². The maximum Gasteiger partial charge on any atom is 0.246 e. The molecule has 0 radical (unpaired) electrons. The van der Waals surface area contributed by atoms with Gasteiger partial charge in [0.2, 0.25) is 11.7 Å². The minimum Gasteiger partial charge on any atom is -0.383 e. The average Bonchev–Trinajstić information content (AvgIpc) is 2.77. The van der Waals surface area contributed by atoms with Crippen molar-refractivity contribution in [1.82, 2.24) is 10.1 Å². The van der Waals surface area contributed by atoms with Gasteiger partial charge in [0.1, 0.15) is 11.9 Å². The monoisotopic (exact) mass is 315 g/mol. The largest absolute Gasteiger partial charge is 0.383 e. The highest BCUT2D eigenvalue weighted by Crippen LogP contribution is 2.23. The highest BCUT2D eigenvalue weighted by atomic mass is 79.9. The molecule has 1 aromatic heterocycles. The Hall–Kier alpha value is -1.31. The van der Waals surface area contributed by atoms with Crippen molar-refractivity contribution in [2.45, 2.75) is 6.04 Å². The molecule has 0 aliphatic heterocycles. The maximum atomic E-state index is 13.2. The van der Waals surface area contributed by atoms with Crippen molar-refractivity contribution in [3.63, 3.8) is 0 Å². The van der Waals surface area contributed by atoms with E-state index in [0.29, 0.717) is 10.0 Å². The number of hydrogen-bond acceptors (Lipinski definition) is 5. The first-order chi connectivity index (χ1) is 8.60. The second-order valence-electron chi connectivity index (χ2n) is 3.68. The van der Waals surface area contributed by atoms with Crippen LogP contribution in [0.5, 0.6) is 0 Å². The summed E-state index contributed by atoms with van der Waals surface area (Å²) >= 11 is 3.20. The van der Waals surface area contributed by atoms with E-state index in [1.54, 1.807) is 6.07 Å². The minimum atomic E-state index is -0.492. The van der Waals surface area contributed by atoms with Crippen LogP contribution < -0.4 is 5.73 Å². The Morgan fingerprint density at radius 1 is 1.50 bits per heavy atom. The van der Waals surface area contributed by atoms with E-state index in [-0.39, 0.29) is 24.1 Å². The zero-order valence-corrected chi connectivity index (χ0v) is 11.1. The van der Waals surface area contributed by atoms with Crippen LogP contribution in [0, 0.1) is 5.82 Å². The van der Waals surface area contributed by atoms with E-state index in [9.17, 15) is 4.39 Å². The first kappa shape index (κ1) is 13.1. The van der Waals surface area contributed by atoms with Gasteiger partial charge in [-0.25, -0.2) is 4.39 Å². The number of benzene rings is 1. The third-order valence-electron chi connectivity index (χ3n) is 2.23. The summed E-state index contributed by atoms with van der Waals surface area (Å²) in [7, 11) is 1.53. The van der Waals surface area contributed by atoms with Crippen LogP contribution in [0.25, 0.3) is 11.4 Å². The van der Waals surface area contributed by atoms with E-state index >= 15 is 0 Å². The second-order valence-corrected chi connectivity index (χ2v) is 4.59. The number of nitrogens with two attached hydrogens (primary N) is 1. The molecule has 0 saturated carbocycles. The lowest BCUT2D eigenvalue weighted by molar-refractivity contribution is 0.166. The number of aromatic nitrogens is 2. The maximum absolute atomic E-state index is 13.2. The molecule has 0 saturated heterocycles. The van der Waals surface area contributed by atoms with Crippen molar-refractivity contribution in [2.24, 2.45) is 5.73 Å². The Kier molecular flexibility index (Phi) is 4.05. The van der Waals surface area contributed by atoms with Crippen LogP contribution in [0.2, 0.25) is 0 Å². The molecule has 2 N–H and O–H groups in total. The van der Waals surface area contributed by atoms with Crippen LogP contribution in [0.4, 0.5) is 4.39 Å². The van der Waals surface area contributed by atoms with Crippen LogP contribution in [-0.4, -0.2) is 23.9 Å². The van der Waals surface area contributed by atoms with Crippen LogP contribution >= 0.6 is 15.9 Å². The molecule has 18 heavy (non-hydrogen) atoms. The lowest BCUT2D eigenvalue weighted by Crippen LogP contribution is -2.16. The molecule has 0 spiro atoms. The SMILES string of the molecule is COCC(N)c1nc(-c2cc(F)cc(Br)c2)no1. The zero-order valence-electron chi connectivity index (χ0n) is 9.56. The van der Waals surface area contributed by atoms with E-state index < -0.39 is 6.04 Å².